The second-order valence-corrected chi connectivity index (χ2v) is 4.06. The van der Waals surface area contributed by atoms with Crippen molar-refractivity contribution in [2.24, 2.45) is 0 Å². The minimum absolute atomic E-state index is 0.0955. The van der Waals surface area contributed by atoms with Crippen LogP contribution >= 0.6 is 0 Å². The molecule has 0 aliphatic heterocycles. The topological polar surface area (TPSA) is 92.5 Å². The molecule has 2 rings (SSSR count). The number of nitrogens with one attached hydrogen (secondary N) is 1. The van der Waals surface area contributed by atoms with E-state index in [2.05, 4.69) is 5.32 Å². The Hall–Kier alpha value is -2.11. The molecular formula is C11H12N2O4. The Balaban J connectivity index is 2.25. The van der Waals surface area contributed by atoms with Crippen LogP contribution in [0.2, 0.25) is 0 Å². The SMILES string of the molecule is O=C(NC1CCC1)c1cc(O)ccc1[N+](=O)[O-]. The monoisotopic (exact) mass is 236 g/mol. The summed E-state index contributed by atoms with van der Waals surface area (Å²) in [5, 5.41) is 22.7. The molecule has 1 amide bonds. The lowest BCUT2D eigenvalue weighted by molar-refractivity contribution is -0.385. The van der Waals surface area contributed by atoms with Gasteiger partial charge in [-0.05, 0) is 31.4 Å². The number of carbonyl (C=O) groups is 1. The second kappa shape index (κ2) is 4.40. The van der Waals surface area contributed by atoms with Crippen molar-refractivity contribution >= 4 is 11.6 Å². The van der Waals surface area contributed by atoms with E-state index in [1.54, 1.807) is 0 Å². The first-order valence-corrected chi connectivity index (χ1v) is 5.36. The fraction of sp³-hybridized carbons (Fsp3) is 0.364. The highest BCUT2D eigenvalue weighted by Gasteiger charge is 2.25. The molecule has 1 fully saturated rings. The summed E-state index contributed by atoms with van der Waals surface area (Å²) in [4.78, 5) is 21.9. The van der Waals surface area contributed by atoms with Crippen LogP contribution in [0.15, 0.2) is 18.2 Å². The molecular weight excluding hydrogens is 224 g/mol. The summed E-state index contributed by atoms with van der Waals surface area (Å²) in [6.07, 6.45) is 2.86. The molecule has 17 heavy (non-hydrogen) atoms. The molecule has 0 saturated heterocycles. The Morgan fingerprint density at radius 3 is 2.71 bits per heavy atom. The van der Waals surface area contributed by atoms with Crippen molar-refractivity contribution in [3.05, 3.63) is 33.9 Å². The average molecular weight is 236 g/mol. The Morgan fingerprint density at radius 2 is 2.18 bits per heavy atom. The lowest BCUT2D eigenvalue weighted by atomic mass is 9.93. The highest BCUT2D eigenvalue weighted by molar-refractivity contribution is 5.98. The largest absolute Gasteiger partial charge is 0.508 e. The van der Waals surface area contributed by atoms with Gasteiger partial charge in [0, 0.05) is 12.1 Å². The Kier molecular flexibility index (Phi) is 2.95. The van der Waals surface area contributed by atoms with Gasteiger partial charge in [0.1, 0.15) is 11.3 Å². The van der Waals surface area contributed by atoms with Crippen LogP contribution in [0.3, 0.4) is 0 Å². The molecule has 0 bridgehead atoms. The van der Waals surface area contributed by atoms with Gasteiger partial charge >= 0.3 is 0 Å². The fourth-order valence-corrected chi connectivity index (χ4v) is 1.68. The van der Waals surface area contributed by atoms with Gasteiger partial charge < -0.3 is 10.4 Å². The minimum atomic E-state index is -0.630. The third-order valence-corrected chi connectivity index (χ3v) is 2.86. The zero-order chi connectivity index (χ0) is 12.4. The molecule has 0 heterocycles. The molecule has 1 aliphatic carbocycles. The highest BCUT2D eigenvalue weighted by Crippen LogP contribution is 2.25. The Morgan fingerprint density at radius 1 is 1.47 bits per heavy atom. The van der Waals surface area contributed by atoms with E-state index in [4.69, 9.17) is 0 Å². The number of benzene rings is 1. The summed E-state index contributed by atoms with van der Waals surface area (Å²) in [6.45, 7) is 0. The van der Waals surface area contributed by atoms with Crippen molar-refractivity contribution in [2.45, 2.75) is 25.3 Å². The quantitative estimate of drug-likeness (QED) is 0.615. The van der Waals surface area contributed by atoms with Gasteiger partial charge in [0.05, 0.1) is 4.92 Å². The smallest absolute Gasteiger partial charge is 0.282 e. The van der Waals surface area contributed by atoms with Crippen molar-refractivity contribution in [3.8, 4) is 5.75 Å². The van der Waals surface area contributed by atoms with Crippen molar-refractivity contribution in [1.29, 1.82) is 0 Å². The maximum Gasteiger partial charge on any atom is 0.282 e. The summed E-state index contributed by atoms with van der Waals surface area (Å²) >= 11 is 0. The zero-order valence-corrected chi connectivity index (χ0v) is 9.05. The first-order chi connectivity index (χ1) is 8.08. The number of carbonyl (C=O) groups excluding carboxylic acids is 1. The summed E-state index contributed by atoms with van der Waals surface area (Å²) in [5.74, 6) is -0.661. The van der Waals surface area contributed by atoms with Crippen LogP contribution in [-0.4, -0.2) is 22.0 Å². The number of amides is 1. The van der Waals surface area contributed by atoms with Gasteiger partial charge in [-0.15, -0.1) is 0 Å². The molecule has 6 heteroatoms. The number of phenols is 1. The maximum atomic E-state index is 11.8. The normalized spacial score (nSPS) is 15.1. The number of phenolic OH excluding ortho intramolecular Hbond substituents is 1. The Labute approximate surface area is 97.4 Å². The predicted octanol–water partition coefficient (Wildman–Crippen LogP) is 1.58. The van der Waals surface area contributed by atoms with E-state index in [-0.39, 0.29) is 23.0 Å². The van der Waals surface area contributed by atoms with E-state index >= 15 is 0 Å². The highest BCUT2D eigenvalue weighted by atomic mass is 16.6. The van der Waals surface area contributed by atoms with E-state index in [1.165, 1.54) is 6.07 Å². The molecule has 1 aliphatic rings. The minimum Gasteiger partial charge on any atom is -0.508 e. The zero-order valence-electron chi connectivity index (χ0n) is 9.05. The number of nitro benzene ring substituents is 1. The van der Waals surface area contributed by atoms with E-state index < -0.39 is 10.8 Å². The van der Waals surface area contributed by atoms with E-state index in [0.29, 0.717) is 0 Å². The van der Waals surface area contributed by atoms with Gasteiger partial charge in [-0.1, -0.05) is 0 Å². The summed E-state index contributed by atoms with van der Waals surface area (Å²) < 4.78 is 0. The van der Waals surface area contributed by atoms with Gasteiger partial charge in [0.15, 0.2) is 0 Å². The molecule has 1 aromatic rings. The summed E-state index contributed by atoms with van der Waals surface area (Å²) in [6, 6.07) is 3.54. The first kappa shape index (κ1) is 11.4. The standard InChI is InChI=1S/C11H12N2O4/c14-8-4-5-10(13(16)17)9(6-8)11(15)12-7-2-1-3-7/h4-7,14H,1-3H2,(H,12,15). The van der Waals surface area contributed by atoms with Crippen LogP contribution in [0.5, 0.6) is 5.75 Å². The number of aromatic hydroxyl groups is 1. The number of nitro groups is 1. The van der Waals surface area contributed by atoms with Crippen molar-refractivity contribution in [3.63, 3.8) is 0 Å². The summed E-state index contributed by atoms with van der Waals surface area (Å²) in [7, 11) is 0. The molecule has 0 unspecified atom stereocenters. The fourth-order valence-electron chi connectivity index (χ4n) is 1.68. The molecule has 0 atom stereocenters. The average Bonchev–Trinajstić information content (AvgIpc) is 2.22. The van der Waals surface area contributed by atoms with Crippen LogP contribution in [-0.2, 0) is 0 Å². The Bertz CT molecular complexity index is 469. The van der Waals surface area contributed by atoms with Crippen molar-refractivity contribution in [2.75, 3.05) is 0 Å². The van der Waals surface area contributed by atoms with E-state index in [0.717, 1.165) is 31.4 Å². The van der Waals surface area contributed by atoms with Gasteiger partial charge in [0.25, 0.3) is 11.6 Å². The van der Waals surface area contributed by atoms with E-state index in [9.17, 15) is 20.0 Å². The van der Waals surface area contributed by atoms with Crippen LogP contribution in [0.25, 0.3) is 0 Å². The third-order valence-electron chi connectivity index (χ3n) is 2.86. The predicted molar refractivity (Wildman–Crippen MR) is 59.9 cm³/mol. The second-order valence-electron chi connectivity index (χ2n) is 4.06. The number of hydrogen-bond donors (Lipinski definition) is 2. The lowest BCUT2D eigenvalue weighted by Gasteiger charge is -2.26. The number of hydrogen-bond acceptors (Lipinski definition) is 4. The van der Waals surface area contributed by atoms with Crippen molar-refractivity contribution < 1.29 is 14.8 Å². The van der Waals surface area contributed by atoms with Gasteiger partial charge in [-0.2, -0.15) is 0 Å². The van der Waals surface area contributed by atoms with E-state index in [1.807, 2.05) is 0 Å². The molecule has 90 valence electrons. The third kappa shape index (κ3) is 2.35. The van der Waals surface area contributed by atoms with Crippen LogP contribution < -0.4 is 5.32 Å². The molecule has 1 aromatic carbocycles. The van der Waals surface area contributed by atoms with Crippen LogP contribution in [0, 0.1) is 10.1 Å². The summed E-state index contributed by atoms with van der Waals surface area (Å²) in [5.41, 5.74) is -0.387. The lowest BCUT2D eigenvalue weighted by Crippen LogP contribution is -2.39. The maximum absolute atomic E-state index is 11.8. The number of nitrogens with zero attached hydrogens (tertiary/aromatic N) is 1. The molecule has 1 saturated carbocycles. The van der Waals surface area contributed by atoms with Crippen LogP contribution in [0.1, 0.15) is 29.6 Å². The molecule has 2 N–H and O–H groups in total. The van der Waals surface area contributed by atoms with Gasteiger partial charge in [-0.25, -0.2) is 0 Å². The van der Waals surface area contributed by atoms with Crippen molar-refractivity contribution in [1.82, 2.24) is 5.32 Å². The molecule has 0 spiro atoms. The van der Waals surface area contributed by atoms with Gasteiger partial charge in [0.2, 0.25) is 0 Å². The van der Waals surface area contributed by atoms with Gasteiger partial charge in [-0.3, -0.25) is 14.9 Å². The van der Waals surface area contributed by atoms with Crippen LogP contribution in [0.4, 0.5) is 5.69 Å². The molecule has 6 nitrogen and oxygen atoms in total. The molecule has 0 aromatic heterocycles. The molecule has 0 radical (unpaired) electrons. The first-order valence-electron chi connectivity index (χ1n) is 5.36. The number of rotatable bonds is 3.